The molecule has 0 fully saturated rings. The van der Waals surface area contributed by atoms with Gasteiger partial charge < -0.3 is 0 Å². The molecule has 0 bridgehead atoms. The Morgan fingerprint density at radius 3 is 1.32 bits per heavy atom. The molecule has 0 heterocycles. The number of ketones is 1. The monoisotopic (exact) mass is 475 g/mol. The van der Waals surface area contributed by atoms with E-state index >= 15 is 0 Å². The van der Waals surface area contributed by atoms with Crippen molar-refractivity contribution in [1.82, 2.24) is 0 Å². The number of rotatable bonds is 7. The molecule has 0 saturated carbocycles. The summed E-state index contributed by atoms with van der Waals surface area (Å²) in [7, 11) is -0.217. The highest BCUT2D eigenvalue weighted by atomic mass is 32.2. The Hall–Kier alpha value is -3.53. The van der Waals surface area contributed by atoms with Gasteiger partial charge in [-0.05, 0) is 84.9 Å². The van der Waals surface area contributed by atoms with E-state index in [9.17, 15) is 4.79 Å². The minimum atomic E-state index is -0.217. The van der Waals surface area contributed by atoms with E-state index in [1.165, 1.54) is 19.6 Å². The van der Waals surface area contributed by atoms with Crippen LogP contribution in [0.1, 0.15) is 15.9 Å². The van der Waals surface area contributed by atoms with E-state index in [2.05, 4.69) is 72.8 Å². The molecule has 0 amide bonds. The molecule has 1 nitrogen and oxygen atoms in total. The first kappa shape index (κ1) is 22.3. The van der Waals surface area contributed by atoms with Crippen molar-refractivity contribution < 1.29 is 4.79 Å². The van der Waals surface area contributed by atoms with Crippen LogP contribution < -0.4 is 0 Å². The summed E-state index contributed by atoms with van der Waals surface area (Å²) >= 11 is 1.69. The lowest BCUT2D eigenvalue weighted by atomic mass is 10.0. The first-order chi connectivity index (χ1) is 16.8. The fraction of sp³-hybridized carbons (Fsp3) is 0. The van der Waals surface area contributed by atoms with Gasteiger partial charge in [-0.3, -0.25) is 4.79 Å². The van der Waals surface area contributed by atoms with Crippen molar-refractivity contribution in [3.05, 3.63) is 151 Å². The summed E-state index contributed by atoms with van der Waals surface area (Å²) in [4.78, 5) is 19.2. The minimum absolute atomic E-state index is 0.0436. The highest BCUT2D eigenvalue weighted by Crippen LogP contribution is 2.32. The summed E-state index contributed by atoms with van der Waals surface area (Å²) in [6.07, 6.45) is 0. The molecule has 0 unspecified atom stereocenters. The Balaban J connectivity index is 1.37. The van der Waals surface area contributed by atoms with E-state index in [4.69, 9.17) is 0 Å². The van der Waals surface area contributed by atoms with Crippen molar-refractivity contribution in [3.8, 4) is 0 Å². The first-order valence-electron chi connectivity index (χ1n) is 11.1. The van der Waals surface area contributed by atoms with Gasteiger partial charge in [-0.25, -0.2) is 0 Å². The molecule has 0 saturated heterocycles. The molecule has 0 aromatic heterocycles. The van der Waals surface area contributed by atoms with Gasteiger partial charge in [0, 0.05) is 20.9 Å². The summed E-state index contributed by atoms with van der Waals surface area (Å²) in [6.45, 7) is 0. The Morgan fingerprint density at radius 1 is 0.441 bits per heavy atom. The zero-order valence-corrected chi connectivity index (χ0v) is 20.1. The van der Waals surface area contributed by atoms with Crippen molar-refractivity contribution in [1.29, 1.82) is 0 Å². The lowest BCUT2D eigenvalue weighted by Crippen LogP contribution is -2.06. The van der Waals surface area contributed by atoms with Crippen LogP contribution in [-0.2, 0) is 10.9 Å². The van der Waals surface area contributed by atoms with E-state index in [0.717, 1.165) is 4.90 Å². The van der Waals surface area contributed by atoms with Crippen LogP contribution >= 0.6 is 11.8 Å². The lowest BCUT2D eigenvalue weighted by molar-refractivity contribution is 0.103. The fourth-order valence-corrected chi connectivity index (χ4v) is 6.65. The average Bonchev–Trinajstić information content (AvgIpc) is 2.91. The zero-order chi connectivity index (χ0) is 23.2. The fourth-order valence-electron chi connectivity index (χ4n) is 3.73. The lowest BCUT2D eigenvalue weighted by Gasteiger charge is -2.09. The molecule has 0 aliphatic heterocycles. The predicted octanol–water partition coefficient (Wildman–Crippen LogP) is 8.16. The Morgan fingerprint density at radius 2 is 0.824 bits per heavy atom. The Labute approximate surface area is 207 Å². The maximum Gasteiger partial charge on any atom is 0.193 e. The molecule has 0 radical (unpaired) electrons. The van der Waals surface area contributed by atoms with Crippen molar-refractivity contribution in [3.63, 3.8) is 0 Å². The van der Waals surface area contributed by atoms with Crippen molar-refractivity contribution in [2.75, 3.05) is 0 Å². The summed E-state index contributed by atoms with van der Waals surface area (Å²) in [5.74, 6) is 0.0436. The smallest absolute Gasteiger partial charge is 0.193 e. The van der Waals surface area contributed by atoms with Gasteiger partial charge in [0.1, 0.15) is 0 Å². The van der Waals surface area contributed by atoms with Crippen LogP contribution in [0.25, 0.3) is 0 Å². The largest absolute Gasteiger partial charge is 0.289 e. The second-order valence-corrected chi connectivity index (χ2v) is 10.9. The molecular formula is C31H23OS2+. The van der Waals surface area contributed by atoms with Gasteiger partial charge in [-0.1, -0.05) is 66.4 Å². The van der Waals surface area contributed by atoms with Crippen LogP contribution in [-0.4, -0.2) is 5.78 Å². The van der Waals surface area contributed by atoms with Gasteiger partial charge in [-0.15, -0.1) is 0 Å². The molecule has 0 atom stereocenters. The van der Waals surface area contributed by atoms with Gasteiger partial charge in [0.25, 0.3) is 0 Å². The summed E-state index contributed by atoms with van der Waals surface area (Å²) in [5, 5.41) is 0. The number of hydrogen-bond donors (Lipinski definition) is 0. The second-order valence-electron chi connectivity index (χ2n) is 7.73. The van der Waals surface area contributed by atoms with Gasteiger partial charge in [0.05, 0.1) is 10.9 Å². The van der Waals surface area contributed by atoms with Crippen molar-refractivity contribution in [2.24, 2.45) is 0 Å². The predicted molar refractivity (Wildman–Crippen MR) is 142 cm³/mol. The van der Waals surface area contributed by atoms with E-state index in [1.54, 1.807) is 11.8 Å². The van der Waals surface area contributed by atoms with E-state index < -0.39 is 0 Å². The van der Waals surface area contributed by atoms with Crippen LogP contribution in [0.4, 0.5) is 0 Å². The Kier molecular flexibility index (Phi) is 6.94. The highest BCUT2D eigenvalue weighted by Gasteiger charge is 2.28. The standard InChI is InChI=1S/C31H23OS2/c32-31(24-16-20-27(21-17-24)33-26-10-4-1-5-11-26)25-18-22-30(23-19-25)34(28-12-6-2-7-13-28)29-14-8-3-9-15-29/h1-23H/q+1. The van der Waals surface area contributed by atoms with Gasteiger partial charge in [-0.2, -0.15) is 0 Å². The molecule has 5 aromatic carbocycles. The quantitative estimate of drug-likeness (QED) is 0.174. The molecular weight excluding hydrogens is 452 g/mol. The second kappa shape index (κ2) is 10.6. The van der Waals surface area contributed by atoms with Crippen LogP contribution in [0.15, 0.2) is 164 Å². The van der Waals surface area contributed by atoms with Crippen LogP contribution in [0.2, 0.25) is 0 Å². The Bertz CT molecular complexity index is 1310. The van der Waals surface area contributed by atoms with Gasteiger partial charge in [0.2, 0.25) is 0 Å². The molecule has 0 aliphatic rings. The van der Waals surface area contributed by atoms with Crippen LogP contribution in [0, 0.1) is 0 Å². The maximum absolute atomic E-state index is 13.1. The van der Waals surface area contributed by atoms with Gasteiger partial charge >= 0.3 is 0 Å². The molecule has 0 spiro atoms. The van der Waals surface area contributed by atoms with E-state index in [0.29, 0.717) is 11.1 Å². The molecule has 5 rings (SSSR count). The molecule has 34 heavy (non-hydrogen) atoms. The molecule has 0 N–H and O–H groups in total. The summed E-state index contributed by atoms with van der Waals surface area (Å²) in [5.41, 5.74) is 1.41. The third kappa shape index (κ3) is 5.17. The average molecular weight is 476 g/mol. The normalized spacial score (nSPS) is 10.9. The third-order valence-electron chi connectivity index (χ3n) is 5.41. The summed E-state index contributed by atoms with van der Waals surface area (Å²) < 4.78 is 0. The summed E-state index contributed by atoms with van der Waals surface area (Å²) in [6, 6.07) is 47.3. The maximum atomic E-state index is 13.1. The minimum Gasteiger partial charge on any atom is -0.289 e. The van der Waals surface area contributed by atoms with Gasteiger partial charge in [0.15, 0.2) is 20.5 Å². The number of hydrogen-bond acceptors (Lipinski definition) is 2. The van der Waals surface area contributed by atoms with Crippen molar-refractivity contribution in [2.45, 2.75) is 24.5 Å². The third-order valence-corrected chi connectivity index (χ3v) is 8.65. The van der Waals surface area contributed by atoms with Crippen LogP contribution in [0.5, 0.6) is 0 Å². The number of carbonyl (C=O) groups is 1. The number of carbonyl (C=O) groups excluding carboxylic acids is 1. The zero-order valence-electron chi connectivity index (χ0n) is 18.5. The molecule has 3 heteroatoms. The molecule has 5 aromatic rings. The molecule has 0 aliphatic carbocycles. The SMILES string of the molecule is O=C(c1ccc(Sc2ccccc2)cc1)c1ccc([S+](c2ccccc2)c2ccccc2)cc1. The topological polar surface area (TPSA) is 17.1 Å². The van der Waals surface area contributed by atoms with E-state index in [1.807, 2.05) is 66.7 Å². The van der Waals surface area contributed by atoms with E-state index in [-0.39, 0.29) is 16.7 Å². The number of benzene rings is 5. The highest BCUT2D eigenvalue weighted by molar-refractivity contribution is 7.99. The van der Waals surface area contributed by atoms with Crippen molar-refractivity contribution >= 4 is 28.4 Å². The first-order valence-corrected chi connectivity index (χ1v) is 13.1. The van der Waals surface area contributed by atoms with Crippen LogP contribution in [0.3, 0.4) is 0 Å². The molecule has 164 valence electrons.